The van der Waals surface area contributed by atoms with Gasteiger partial charge in [-0.15, -0.1) is 0 Å². The zero-order valence-corrected chi connectivity index (χ0v) is 10.5. The van der Waals surface area contributed by atoms with Crippen molar-refractivity contribution in [1.82, 2.24) is 0 Å². The normalized spacial score (nSPS) is 13.3. The maximum atomic E-state index is 9.98. The molecule has 0 aliphatic rings. The predicted molar refractivity (Wildman–Crippen MR) is 63.3 cm³/mol. The van der Waals surface area contributed by atoms with E-state index in [4.69, 9.17) is 0 Å². The van der Waals surface area contributed by atoms with Crippen LogP contribution >= 0.6 is 15.9 Å². The van der Waals surface area contributed by atoms with Crippen LogP contribution in [0.4, 0.5) is 0 Å². The van der Waals surface area contributed by atoms with E-state index in [0.717, 1.165) is 22.0 Å². The van der Waals surface area contributed by atoms with Gasteiger partial charge >= 0.3 is 0 Å². The van der Waals surface area contributed by atoms with Crippen molar-refractivity contribution >= 4 is 15.9 Å². The lowest BCUT2D eigenvalue weighted by Gasteiger charge is -2.16. The topological polar surface area (TPSA) is 20.2 Å². The molecule has 0 bridgehead atoms. The third-order valence-corrected chi connectivity index (χ3v) is 3.22. The van der Waals surface area contributed by atoms with Crippen LogP contribution in [-0.2, 0) is 0 Å². The number of hydrogen-bond donors (Lipinski definition) is 1. The fourth-order valence-corrected chi connectivity index (χ4v) is 1.94. The van der Waals surface area contributed by atoms with Crippen LogP contribution in [0.1, 0.15) is 37.5 Å². The second-order valence-electron chi connectivity index (χ2n) is 4.10. The van der Waals surface area contributed by atoms with Crippen LogP contribution in [0.2, 0.25) is 0 Å². The van der Waals surface area contributed by atoms with Gasteiger partial charge in [0.15, 0.2) is 0 Å². The monoisotopic (exact) mass is 256 g/mol. The summed E-state index contributed by atoms with van der Waals surface area (Å²) in [4.78, 5) is 0. The van der Waals surface area contributed by atoms with Gasteiger partial charge in [0, 0.05) is 4.47 Å². The Morgan fingerprint density at radius 1 is 1.36 bits per heavy atom. The van der Waals surface area contributed by atoms with E-state index in [1.807, 2.05) is 25.1 Å². The van der Waals surface area contributed by atoms with Crippen molar-refractivity contribution in [2.75, 3.05) is 0 Å². The second kappa shape index (κ2) is 4.94. The minimum absolute atomic E-state index is 0.340. The van der Waals surface area contributed by atoms with Crippen LogP contribution in [0.15, 0.2) is 22.7 Å². The molecule has 2 heteroatoms. The highest BCUT2D eigenvalue weighted by molar-refractivity contribution is 9.10. The Morgan fingerprint density at radius 3 is 2.57 bits per heavy atom. The number of halogens is 1. The number of hydrogen-bond acceptors (Lipinski definition) is 1. The van der Waals surface area contributed by atoms with E-state index in [1.165, 1.54) is 0 Å². The van der Waals surface area contributed by atoms with Crippen molar-refractivity contribution < 1.29 is 5.11 Å². The highest BCUT2D eigenvalue weighted by Gasteiger charge is 2.12. The number of aliphatic hydroxyl groups excluding tert-OH is 1. The molecule has 1 atom stereocenters. The first-order chi connectivity index (χ1) is 6.52. The van der Waals surface area contributed by atoms with Gasteiger partial charge in [0.2, 0.25) is 0 Å². The third kappa shape index (κ3) is 2.82. The summed E-state index contributed by atoms with van der Waals surface area (Å²) in [5.74, 6) is 0.517. The van der Waals surface area contributed by atoms with E-state index in [0.29, 0.717) is 5.92 Å². The van der Waals surface area contributed by atoms with Crippen molar-refractivity contribution in [3.63, 3.8) is 0 Å². The van der Waals surface area contributed by atoms with E-state index in [-0.39, 0.29) is 6.10 Å². The first-order valence-corrected chi connectivity index (χ1v) is 5.74. The molecular formula is C12H17BrO. The molecule has 1 N–H and O–H groups in total. The van der Waals surface area contributed by atoms with Crippen LogP contribution in [0.25, 0.3) is 0 Å². The zero-order valence-electron chi connectivity index (χ0n) is 8.92. The predicted octanol–water partition coefficient (Wildman–Crippen LogP) is 3.84. The van der Waals surface area contributed by atoms with Gasteiger partial charge in [0.25, 0.3) is 0 Å². The molecule has 1 nitrogen and oxygen atoms in total. The molecular weight excluding hydrogens is 240 g/mol. The van der Waals surface area contributed by atoms with Gasteiger partial charge in [-0.25, -0.2) is 0 Å². The second-order valence-corrected chi connectivity index (χ2v) is 4.95. The summed E-state index contributed by atoms with van der Waals surface area (Å²) in [7, 11) is 0. The Balaban J connectivity index is 2.89. The summed E-state index contributed by atoms with van der Waals surface area (Å²) in [6.45, 7) is 6.27. The zero-order chi connectivity index (χ0) is 10.7. The molecule has 0 aliphatic carbocycles. The Kier molecular flexibility index (Phi) is 4.14. The summed E-state index contributed by atoms with van der Waals surface area (Å²) in [5.41, 5.74) is 2.17. The average Bonchev–Trinajstić information content (AvgIpc) is 2.08. The average molecular weight is 257 g/mol. The molecule has 1 rings (SSSR count). The van der Waals surface area contributed by atoms with Crippen molar-refractivity contribution in [2.24, 2.45) is 5.92 Å². The van der Waals surface area contributed by atoms with Gasteiger partial charge in [-0.05, 0) is 36.5 Å². The molecule has 0 aromatic heterocycles. The van der Waals surface area contributed by atoms with Gasteiger partial charge in [-0.1, -0.05) is 41.9 Å². The molecule has 14 heavy (non-hydrogen) atoms. The summed E-state index contributed by atoms with van der Waals surface area (Å²) >= 11 is 3.47. The van der Waals surface area contributed by atoms with E-state index in [1.54, 1.807) is 0 Å². The van der Waals surface area contributed by atoms with E-state index < -0.39 is 0 Å². The number of aliphatic hydroxyl groups is 1. The van der Waals surface area contributed by atoms with E-state index in [2.05, 4.69) is 29.8 Å². The fraction of sp³-hybridized carbons (Fsp3) is 0.500. The smallest absolute Gasteiger partial charge is 0.0795 e. The molecule has 0 aliphatic heterocycles. The quantitative estimate of drug-likeness (QED) is 0.872. The fourth-order valence-electron chi connectivity index (χ4n) is 1.56. The Labute approximate surface area is 94.3 Å². The lowest BCUT2D eigenvalue weighted by atomic mass is 9.96. The molecule has 0 spiro atoms. The highest BCUT2D eigenvalue weighted by atomic mass is 79.9. The molecule has 1 aromatic rings. The molecule has 0 heterocycles. The molecule has 0 saturated heterocycles. The molecule has 0 saturated carbocycles. The largest absolute Gasteiger partial charge is 0.388 e. The molecule has 0 amide bonds. The first-order valence-electron chi connectivity index (χ1n) is 4.95. The van der Waals surface area contributed by atoms with Crippen LogP contribution in [-0.4, -0.2) is 5.11 Å². The van der Waals surface area contributed by atoms with Crippen LogP contribution in [0, 0.1) is 12.8 Å². The maximum Gasteiger partial charge on any atom is 0.0795 e. The number of benzene rings is 1. The lowest BCUT2D eigenvalue weighted by molar-refractivity contribution is 0.150. The summed E-state index contributed by atoms with van der Waals surface area (Å²) in [6.07, 6.45) is 0.476. The van der Waals surface area contributed by atoms with Crippen molar-refractivity contribution in [1.29, 1.82) is 0 Å². The van der Waals surface area contributed by atoms with E-state index in [9.17, 15) is 5.11 Å². The maximum absolute atomic E-state index is 9.98. The molecule has 1 unspecified atom stereocenters. The Hall–Kier alpha value is -0.340. The van der Waals surface area contributed by atoms with Crippen LogP contribution in [0.3, 0.4) is 0 Å². The standard InChI is InChI=1S/C12H17BrO/c1-8(2)7-12(14)10-5-4-6-11(13)9(10)3/h4-6,8,12,14H,7H2,1-3H3. The molecule has 0 fully saturated rings. The molecule has 78 valence electrons. The van der Waals surface area contributed by atoms with Crippen LogP contribution < -0.4 is 0 Å². The minimum Gasteiger partial charge on any atom is -0.388 e. The SMILES string of the molecule is Cc1c(Br)cccc1C(O)CC(C)C. The summed E-state index contributed by atoms with van der Waals surface area (Å²) in [5, 5.41) is 9.98. The highest BCUT2D eigenvalue weighted by Crippen LogP contribution is 2.28. The minimum atomic E-state index is -0.340. The molecule has 1 aromatic carbocycles. The summed E-state index contributed by atoms with van der Waals surface area (Å²) < 4.78 is 1.07. The van der Waals surface area contributed by atoms with Crippen molar-refractivity contribution in [2.45, 2.75) is 33.3 Å². The third-order valence-electron chi connectivity index (χ3n) is 2.36. The van der Waals surface area contributed by atoms with E-state index >= 15 is 0 Å². The van der Waals surface area contributed by atoms with Crippen molar-refractivity contribution in [3.8, 4) is 0 Å². The molecule has 0 radical (unpaired) electrons. The summed E-state index contributed by atoms with van der Waals surface area (Å²) in [6, 6.07) is 5.96. The van der Waals surface area contributed by atoms with Gasteiger partial charge < -0.3 is 5.11 Å². The Morgan fingerprint density at radius 2 is 2.00 bits per heavy atom. The number of rotatable bonds is 3. The van der Waals surface area contributed by atoms with Gasteiger partial charge in [0.05, 0.1) is 6.10 Å². The van der Waals surface area contributed by atoms with Gasteiger partial charge in [-0.3, -0.25) is 0 Å². The van der Waals surface area contributed by atoms with Crippen molar-refractivity contribution in [3.05, 3.63) is 33.8 Å². The Bertz CT molecular complexity index is 307. The lowest BCUT2D eigenvalue weighted by Crippen LogP contribution is -2.04. The van der Waals surface area contributed by atoms with Gasteiger partial charge in [-0.2, -0.15) is 0 Å². The van der Waals surface area contributed by atoms with Gasteiger partial charge in [0.1, 0.15) is 0 Å². The van der Waals surface area contributed by atoms with Crippen LogP contribution in [0.5, 0.6) is 0 Å². The first kappa shape index (κ1) is 11.7.